The third kappa shape index (κ3) is 7.31. The van der Waals surface area contributed by atoms with Gasteiger partial charge in [0, 0.05) is 26.2 Å². The number of carbonyl (C=O) groups is 1. The van der Waals surface area contributed by atoms with Crippen molar-refractivity contribution in [3.8, 4) is 0 Å². The topological polar surface area (TPSA) is 69.7 Å². The second kappa shape index (κ2) is 11.8. The number of carbonyl (C=O) groups excluding carboxylic acids is 1. The first-order valence-corrected chi connectivity index (χ1v) is 14.2. The van der Waals surface area contributed by atoms with Gasteiger partial charge in [0.25, 0.3) is 0 Å². The lowest BCUT2D eigenvalue weighted by Gasteiger charge is -2.32. The lowest BCUT2D eigenvalue weighted by atomic mass is 9.78. The molecule has 0 bridgehead atoms. The van der Waals surface area contributed by atoms with Crippen LogP contribution in [0.2, 0.25) is 15.1 Å². The van der Waals surface area contributed by atoms with Crippen LogP contribution in [0.5, 0.6) is 0 Å². The molecule has 0 aromatic heterocycles. The number of sulfonamides is 1. The van der Waals surface area contributed by atoms with Crippen LogP contribution in [0.25, 0.3) is 0 Å². The van der Waals surface area contributed by atoms with Gasteiger partial charge in [-0.1, -0.05) is 46.9 Å². The average Bonchev–Trinajstić information content (AvgIpc) is 3.06. The number of benzene rings is 2. The number of nitrogens with one attached hydrogen (secondary N) is 1. The van der Waals surface area contributed by atoms with Crippen molar-refractivity contribution in [2.45, 2.75) is 31.7 Å². The molecule has 1 unspecified atom stereocenters. The molecule has 1 N–H and O–H groups in total. The van der Waals surface area contributed by atoms with E-state index in [0.717, 1.165) is 6.54 Å². The fraction of sp³-hybridized carbons (Fsp3) is 0.458. The van der Waals surface area contributed by atoms with E-state index < -0.39 is 21.3 Å². The quantitative estimate of drug-likeness (QED) is 0.504. The number of nitrogens with zero attached hydrogens (tertiary/aromatic N) is 2. The Hall–Kier alpha value is -1.42. The van der Waals surface area contributed by atoms with Gasteiger partial charge in [-0.2, -0.15) is 0 Å². The van der Waals surface area contributed by atoms with Gasteiger partial charge in [-0.05, 0) is 68.2 Å². The summed E-state index contributed by atoms with van der Waals surface area (Å²) >= 11 is 18.1. The summed E-state index contributed by atoms with van der Waals surface area (Å²) in [7, 11) is -3.24. The van der Waals surface area contributed by atoms with Crippen molar-refractivity contribution in [3.63, 3.8) is 0 Å². The molecule has 1 aliphatic rings. The molecule has 1 atom stereocenters. The second-order valence-electron chi connectivity index (χ2n) is 9.00. The Labute approximate surface area is 221 Å². The Morgan fingerprint density at radius 2 is 1.74 bits per heavy atom. The van der Waals surface area contributed by atoms with Gasteiger partial charge >= 0.3 is 0 Å². The smallest absolute Gasteiger partial charge is 0.230 e. The zero-order valence-corrected chi connectivity index (χ0v) is 22.7. The van der Waals surface area contributed by atoms with Crippen LogP contribution in [0.3, 0.4) is 0 Å². The number of halogens is 4. The highest BCUT2D eigenvalue weighted by molar-refractivity contribution is 7.88. The maximum Gasteiger partial charge on any atom is 0.230 e. The molecule has 11 heteroatoms. The molecule has 1 heterocycles. The molecule has 0 aliphatic carbocycles. The highest BCUT2D eigenvalue weighted by Crippen LogP contribution is 2.33. The molecule has 1 aliphatic heterocycles. The summed E-state index contributed by atoms with van der Waals surface area (Å²) < 4.78 is 39.2. The van der Waals surface area contributed by atoms with Gasteiger partial charge in [-0.15, -0.1) is 0 Å². The summed E-state index contributed by atoms with van der Waals surface area (Å²) in [6, 6.07) is 9.55. The van der Waals surface area contributed by atoms with E-state index in [2.05, 4.69) is 10.2 Å². The van der Waals surface area contributed by atoms with E-state index in [1.54, 1.807) is 24.3 Å². The van der Waals surface area contributed by atoms with E-state index in [-0.39, 0.29) is 17.5 Å². The lowest BCUT2D eigenvalue weighted by molar-refractivity contribution is -0.126. The minimum Gasteiger partial charge on any atom is -0.351 e. The van der Waals surface area contributed by atoms with Crippen LogP contribution >= 0.6 is 34.8 Å². The van der Waals surface area contributed by atoms with Crippen LogP contribution in [-0.2, 0) is 26.8 Å². The van der Waals surface area contributed by atoms with Crippen molar-refractivity contribution in [1.82, 2.24) is 14.5 Å². The van der Waals surface area contributed by atoms with Gasteiger partial charge in [0.2, 0.25) is 15.9 Å². The van der Waals surface area contributed by atoms with Gasteiger partial charge in [0.1, 0.15) is 5.82 Å². The molecule has 2 aromatic rings. The summed E-state index contributed by atoms with van der Waals surface area (Å²) in [5, 5.41) is 3.68. The van der Waals surface area contributed by atoms with E-state index in [9.17, 15) is 17.6 Å². The van der Waals surface area contributed by atoms with Gasteiger partial charge in [-0.3, -0.25) is 4.79 Å². The summed E-state index contributed by atoms with van der Waals surface area (Å²) in [5.41, 5.74) is 0.339. The van der Waals surface area contributed by atoms with Crippen LogP contribution in [0, 0.1) is 5.82 Å². The summed E-state index contributed by atoms with van der Waals surface area (Å²) in [6.07, 6.45) is 2.40. The molecular formula is C24H29Cl3FN3O3S. The number of hydrogen-bond donors (Lipinski definition) is 1. The molecule has 0 spiro atoms. The first-order chi connectivity index (χ1) is 16.4. The first-order valence-electron chi connectivity index (χ1n) is 11.3. The molecular weight excluding hydrogens is 536 g/mol. The van der Waals surface area contributed by atoms with Crippen molar-refractivity contribution in [2.24, 2.45) is 0 Å². The first kappa shape index (κ1) is 28.2. The van der Waals surface area contributed by atoms with Crippen molar-refractivity contribution in [3.05, 3.63) is 68.4 Å². The Morgan fingerprint density at radius 1 is 1.03 bits per heavy atom. The van der Waals surface area contributed by atoms with E-state index >= 15 is 0 Å². The highest BCUT2D eigenvalue weighted by Gasteiger charge is 2.36. The lowest BCUT2D eigenvalue weighted by Crippen LogP contribution is -2.44. The SMILES string of the molecule is CC(CCN1CCCN(S(C)(=O)=O)CC1)(C(=O)NCc1ccc(Cl)c(F)c1)c1ccc(Cl)c(Cl)c1. The Morgan fingerprint density at radius 3 is 2.40 bits per heavy atom. The van der Waals surface area contributed by atoms with Crippen molar-refractivity contribution in [1.29, 1.82) is 0 Å². The van der Waals surface area contributed by atoms with Crippen molar-refractivity contribution >= 4 is 50.7 Å². The van der Waals surface area contributed by atoms with Crippen molar-refractivity contribution in [2.75, 3.05) is 39.0 Å². The number of rotatable bonds is 8. The van der Waals surface area contributed by atoms with Gasteiger partial charge in [-0.25, -0.2) is 17.1 Å². The molecule has 3 rings (SSSR count). The van der Waals surface area contributed by atoms with Gasteiger partial charge in [0.15, 0.2) is 0 Å². The molecule has 192 valence electrons. The fourth-order valence-electron chi connectivity index (χ4n) is 4.14. The maximum absolute atomic E-state index is 13.8. The van der Waals surface area contributed by atoms with Crippen LogP contribution < -0.4 is 5.32 Å². The van der Waals surface area contributed by atoms with Crippen LogP contribution in [0.15, 0.2) is 36.4 Å². The molecule has 1 amide bonds. The summed E-state index contributed by atoms with van der Waals surface area (Å²) in [5.74, 6) is -0.784. The van der Waals surface area contributed by atoms with E-state index in [1.807, 2.05) is 6.92 Å². The van der Waals surface area contributed by atoms with E-state index in [1.165, 1.54) is 22.7 Å². The zero-order valence-electron chi connectivity index (χ0n) is 19.7. The summed E-state index contributed by atoms with van der Waals surface area (Å²) in [6.45, 7) is 4.76. The fourth-order valence-corrected chi connectivity index (χ4v) is 5.43. The van der Waals surface area contributed by atoms with Crippen LogP contribution in [0.1, 0.15) is 30.9 Å². The molecule has 1 fully saturated rings. The van der Waals surface area contributed by atoms with E-state index in [0.29, 0.717) is 60.2 Å². The van der Waals surface area contributed by atoms with Crippen molar-refractivity contribution < 1.29 is 17.6 Å². The normalized spacial score (nSPS) is 17.5. The second-order valence-corrected chi connectivity index (χ2v) is 12.2. The monoisotopic (exact) mass is 563 g/mol. The third-order valence-corrected chi connectivity index (χ3v) is 8.79. The van der Waals surface area contributed by atoms with E-state index in [4.69, 9.17) is 34.8 Å². The summed E-state index contributed by atoms with van der Waals surface area (Å²) in [4.78, 5) is 15.7. The van der Waals surface area contributed by atoms with Gasteiger partial charge < -0.3 is 10.2 Å². The predicted molar refractivity (Wildman–Crippen MR) is 139 cm³/mol. The number of hydrogen-bond acceptors (Lipinski definition) is 4. The van der Waals surface area contributed by atoms with Crippen LogP contribution in [-0.4, -0.2) is 62.5 Å². The molecule has 35 heavy (non-hydrogen) atoms. The highest BCUT2D eigenvalue weighted by atomic mass is 35.5. The molecule has 1 saturated heterocycles. The van der Waals surface area contributed by atoms with Crippen LogP contribution in [0.4, 0.5) is 4.39 Å². The van der Waals surface area contributed by atoms with Gasteiger partial charge in [0.05, 0.1) is 26.7 Å². The minimum absolute atomic E-state index is 0.0209. The Bertz CT molecular complexity index is 1180. The molecule has 6 nitrogen and oxygen atoms in total. The minimum atomic E-state index is -3.24. The largest absolute Gasteiger partial charge is 0.351 e. The number of amides is 1. The molecule has 2 aromatic carbocycles. The third-order valence-electron chi connectivity index (χ3n) is 6.44. The zero-order chi connectivity index (χ0) is 25.8. The Balaban J connectivity index is 1.77. The molecule has 0 saturated carbocycles. The molecule has 0 radical (unpaired) electrons. The predicted octanol–water partition coefficient (Wildman–Crippen LogP) is 4.72. The standard InChI is InChI=1S/C24H29Cl3FN3O3S/c1-24(18-5-7-19(25)21(27)15-18,23(32)29-16-17-4-6-20(26)22(28)14-17)8-11-30-9-3-10-31(13-12-30)35(2,33)34/h4-7,14-15H,3,8-13,16H2,1-2H3,(H,29,32). The Kier molecular flexibility index (Phi) is 9.45. The average molecular weight is 565 g/mol. The maximum atomic E-state index is 13.8.